The Kier molecular flexibility index (Phi) is 3.94. The normalized spacial score (nSPS) is 11.0. The monoisotopic (exact) mass is 321 g/mol. The van der Waals surface area contributed by atoms with Crippen molar-refractivity contribution in [3.63, 3.8) is 0 Å². The van der Waals surface area contributed by atoms with Crippen LogP contribution < -0.4 is 5.32 Å². The molecule has 1 aromatic carbocycles. The van der Waals surface area contributed by atoms with Crippen LogP contribution in [0.2, 0.25) is 0 Å². The predicted octanol–water partition coefficient (Wildman–Crippen LogP) is 4.10. The van der Waals surface area contributed by atoms with Crippen molar-refractivity contribution in [2.75, 3.05) is 5.32 Å². The van der Waals surface area contributed by atoms with Gasteiger partial charge in [-0.2, -0.15) is 0 Å². The molecule has 0 aliphatic rings. The first-order valence-electron chi connectivity index (χ1n) is 6.48. The SMILES string of the molecule is CCCc1nnc(NC(=O)c2cc3cc(F)ccc3s2)s1. The van der Waals surface area contributed by atoms with Crippen LogP contribution in [0.15, 0.2) is 24.3 Å². The number of aryl methyl sites for hydroxylation is 1. The second kappa shape index (κ2) is 5.87. The van der Waals surface area contributed by atoms with Gasteiger partial charge in [0.15, 0.2) is 0 Å². The second-order valence-corrected chi connectivity index (χ2v) is 6.64. The quantitative estimate of drug-likeness (QED) is 0.787. The van der Waals surface area contributed by atoms with Crippen LogP contribution in [0.25, 0.3) is 10.1 Å². The van der Waals surface area contributed by atoms with Gasteiger partial charge < -0.3 is 0 Å². The van der Waals surface area contributed by atoms with Gasteiger partial charge in [0.1, 0.15) is 10.8 Å². The molecule has 108 valence electrons. The number of carbonyl (C=O) groups is 1. The molecule has 3 rings (SSSR count). The lowest BCUT2D eigenvalue weighted by Crippen LogP contribution is -2.09. The summed E-state index contributed by atoms with van der Waals surface area (Å²) >= 11 is 2.71. The number of aromatic nitrogens is 2. The van der Waals surface area contributed by atoms with Gasteiger partial charge in [-0.05, 0) is 36.1 Å². The number of carbonyl (C=O) groups excluding carboxylic acids is 1. The highest BCUT2D eigenvalue weighted by atomic mass is 32.1. The van der Waals surface area contributed by atoms with Gasteiger partial charge in [-0.25, -0.2) is 4.39 Å². The van der Waals surface area contributed by atoms with Gasteiger partial charge in [0.05, 0.1) is 4.88 Å². The molecule has 4 nitrogen and oxygen atoms in total. The number of thiophene rings is 1. The first kappa shape index (κ1) is 14.1. The van der Waals surface area contributed by atoms with Crippen molar-refractivity contribution >= 4 is 43.8 Å². The molecule has 7 heteroatoms. The van der Waals surface area contributed by atoms with Gasteiger partial charge >= 0.3 is 0 Å². The minimum atomic E-state index is -0.305. The number of anilines is 1. The molecule has 1 amide bonds. The zero-order valence-corrected chi connectivity index (χ0v) is 12.9. The summed E-state index contributed by atoms with van der Waals surface area (Å²) < 4.78 is 14.0. The molecule has 0 fully saturated rings. The van der Waals surface area contributed by atoms with E-state index in [2.05, 4.69) is 22.4 Å². The standard InChI is InChI=1S/C14H12FN3OS2/c1-2-3-12-17-18-14(21-12)16-13(19)11-7-8-6-9(15)4-5-10(8)20-11/h4-7H,2-3H2,1H3,(H,16,18,19). The molecule has 0 saturated carbocycles. The van der Waals surface area contributed by atoms with Crippen LogP contribution in [0, 0.1) is 5.82 Å². The Morgan fingerprint density at radius 3 is 2.95 bits per heavy atom. The number of hydrogen-bond acceptors (Lipinski definition) is 5. The van der Waals surface area contributed by atoms with Gasteiger partial charge in [-0.1, -0.05) is 18.3 Å². The van der Waals surface area contributed by atoms with Gasteiger partial charge in [0, 0.05) is 11.1 Å². The van der Waals surface area contributed by atoms with Gasteiger partial charge in [-0.15, -0.1) is 21.5 Å². The zero-order valence-electron chi connectivity index (χ0n) is 11.2. The van der Waals surface area contributed by atoms with E-state index in [1.54, 1.807) is 12.1 Å². The van der Waals surface area contributed by atoms with Crippen molar-refractivity contribution in [2.45, 2.75) is 19.8 Å². The fraction of sp³-hybridized carbons (Fsp3) is 0.214. The maximum atomic E-state index is 13.2. The molecule has 0 atom stereocenters. The van der Waals surface area contributed by atoms with E-state index in [9.17, 15) is 9.18 Å². The maximum Gasteiger partial charge on any atom is 0.267 e. The Labute approximate surface area is 128 Å². The predicted molar refractivity (Wildman–Crippen MR) is 83.6 cm³/mol. The number of hydrogen-bond donors (Lipinski definition) is 1. The molecular weight excluding hydrogens is 309 g/mol. The third kappa shape index (κ3) is 3.08. The Balaban J connectivity index is 1.79. The third-order valence-corrected chi connectivity index (χ3v) is 4.87. The molecule has 1 N–H and O–H groups in total. The highest BCUT2D eigenvalue weighted by Gasteiger charge is 2.13. The number of amides is 1. The Bertz CT molecular complexity index is 796. The van der Waals surface area contributed by atoms with Crippen LogP contribution in [0.5, 0.6) is 0 Å². The molecule has 21 heavy (non-hydrogen) atoms. The lowest BCUT2D eigenvalue weighted by molar-refractivity contribution is 0.103. The number of nitrogens with one attached hydrogen (secondary N) is 1. The summed E-state index contributed by atoms with van der Waals surface area (Å²) in [7, 11) is 0. The van der Waals surface area contributed by atoms with Crippen molar-refractivity contribution < 1.29 is 9.18 Å². The van der Waals surface area contributed by atoms with E-state index in [4.69, 9.17) is 0 Å². The molecule has 0 aliphatic carbocycles. The van der Waals surface area contributed by atoms with Gasteiger partial charge in [0.2, 0.25) is 5.13 Å². The molecular formula is C14H12FN3OS2. The molecule has 0 radical (unpaired) electrons. The highest BCUT2D eigenvalue weighted by molar-refractivity contribution is 7.21. The molecule has 0 bridgehead atoms. The maximum absolute atomic E-state index is 13.2. The van der Waals surface area contributed by atoms with E-state index in [1.807, 2.05) is 0 Å². The topological polar surface area (TPSA) is 54.9 Å². The Morgan fingerprint density at radius 1 is 1.29 bits per heavy atom. The number of nitrogens with zero attached hydrogens (tertiary/aromatic N) is 2. The van der Waals surface area contributed by atoms with Crippen molar-refractivity contribution in [2.24, 2.45) is 0 Å². The number of rotatable bonds is 4. The third-order valence-electron chi connectivity index (χ3n) is 2.85. The Morgan fingerprint density at radius 2 is 2.14 bits per heavy atom. The molecule has 3 aromatic rings. The fourth-order valence-corrected chi connectivity index (χ4v) is 3.68. The van der Waals surface area contributed by atoms with Crippen LogP contribution in [-0.2, 0) is 6.42 Å². The fourth-order valence-electron chi connectivity index (χ4n) is 1.90. The zero-order chi connectivity index (χ0) is 14.8. The van der Waals surface area contributed by atoms with Gasteiger partial charge in [0.25, 0.3) is 5.91 Å². The van der Waals surface area contributed by atoms with Crippen molar-refractivity contribution in [3.05, 3.63) is 40.0 Å². The van der Waals surface area contributed by atoms with Crippen LogP contribution in [0.1, 0.15) is 28.0 Å². The summed E-state index contributed by atoms with van der Waals surface area (Å²) in [5.41, 5.74) is 0. The minimum absolute atomic E-state index is 0.240. The summed E-state index contributed by atoms with van der Waals surface area (Å²) in [5.74, 6) is -0.545. The first-order chi connectivity index (χ1) is 10.2. The molecule has 2 aromatic heterocycles. The van der Waals surface area contributed by atoms with Gasteiger partial charge in [-0.3, -0.25) is 10.1 Å². The molecule has 0 spiro atoms. The van der Waals surface area contributed by atoms with Crippen molar-refractivity contribution in [1.29, 1.82) is 0 Å². The molecule has 0 unspecified atom stereocenters. The van der Waals surface area contributed by atoms with E-state index in [0.717, 1.165) is 27.9 Å². The van der Waals surface area contributed by atoms with Crippen molar-refractivity contribution in [1.82, 2.24) is 10.2 Å². The van der Waals surface area contributed by atoms with E-state index in [0.29, 0.717) is 10.0 Å². The summed E-state index contributed by atoms with van der Waals surface area (Å²) in [6.07, 6.45) is 1.85. The number of benzene rings is 1. The number of halogens is 1. The summed E-state index contributed by atoms with van der Waals surface area (Å²) in [6.45, 7) is 2.07. The average molecular weight is 321 g/mol. The first-order valence-corrected chi connectivity index (χ1v) is 8.12. The second-order valence-electron chi connectivity index (χ2n) is 4.50. The smallest absolute Gasteiger partial charge is 0.267 e. The summed E-state index contributed by atoms with van der Waals surface area (Å²) in [5, 5.41) is 12.8. The molecule has 0 saturated heterocycles. The van der Waals surface area contributed by atoms with E-state index in [-0.39, 0.29) is 11.7 Å². The average Bonchev–Trinajstić information content (AvgIpc) is 3.05. The molecule has 0 aliphatic heterocycles. The lowest BCUT2D eigenvalue weighted by atomic mass is 10.2. The molecule has 2 heterocycles. The lowest BCUT2D eigenvalue weighted by Gasteiger charge is -1.96. The highest BCUT2D eigenvalue weighted by Crippen LogP contribution is 2.27. The minimum Gasteiger partial charge on any atom is -0.296 e. The summed E-state index contributed by atoms with van der Waals surface area (Å²) in [6, 6.07) is 6.18. The van der Waals surface area contributed by atoms with E-state index < -0.39 is 0 Å². The van der Waals surface area contributed by atoms with Crippen LogP contribution in [-0.4, -0.2) is 16.1 Å². The largest absolute Gasteiger partial charge is 0.296 e. The van der Waals surface area contributed by atoms with Crippen molar-refractivity contribution in [3.8, 4) is 0 Å². The van der Waals surface area contributed by atoms with E-state index >= 15 is 0 Å². The van der Waals surface area contributed by atoms with Crippen LogP contribution in [0.3, 0.4) is 0 Å². The Hall–Kier alpha value is -1.86. The van der Waals surface area contributed by atoms with Crippen LogP contribution >= 0.6 is 22.7 Å². The van der Waals surface area contributed by atoms with E-state index in [1.165, 1.54) is 34.8 Å². The number of fused-ring (bicyclic) bond motifs is 1. The summed E-state index contributed by atoms with van der Waals surface area (Å²) in [4.78, 5) is 12.7. The van der Waals surface area contributed by atoms with Crippen LogP contribution in [0.4, 0.5) is 9.52 Å².